The number of rotatable bonds is 10. The van der Waals surface area contributed by atoms with Crippen molar-refractivity contribution in [2.45, 2.75) is 45.6 Å². The molecule has 1 aromatic heterocycles. The summed E-state index contributed by atoms with van der Waals surface area (Å²) in [4.78, 5) is 20.4. The third-order valence-electron chi connectivity index (χ3n) is 3.91. The number of Topliss-reactive ketones (excluding diaryl/α,β-unsaturated/α-hetero) is 1. The Hall–Kier alpha value is -2.80. The number of ether oxygens (including phenoxy) is 1. The van der Waals surface area contributed by atoms with E-state index < -0.39 is 0 Å². The second kappa shape index (κ2) is 9.94. The van der Waals surface area contributed by atoms with Crippen LogP contribution < -0.4 is 11.1 Å². The average Bonchev–Trinajstić information content (AvgIpc) is 2.63. The molecule has 0 atom stereocenters. The zero-order valence-electron chi connectivity index (χ0n) is 16.8. The molecule has 0 fully saturated rings. The summed E-state index contributed by atoms with van der Waals surface area (Å²) in [5.74, 6) is 0.453. The van der Waals surface area contributed by atoms with Crippen molar-refractivity contribution >= 4 is 17.6 Å². The lowest BCUT2D eigenvalue weighted by atomic mass is 10.0. The van der Waals surface area contributed by atoms with Gasteiger partial charge >= 0.3 is 0 Å². The van der Waals surface area contributed by atoms with E-state index in [-0.39, 0.29) is 23.6 Å². The first-order valence-electron chi connectivity index (χ1n) is 9.37. The van der Waals surface area contributed by atoms with E-state index in [0.29, 0.717) is 31.9 Å². The van der Waals surface area contributed by atoms with Crippen molar-refractivity contribution in [2.24, 2.45) is 5.73 Å². The van der Waals surface area contributed by atoms with Gasteiger partial charge in [0.05, 0.1) is 24.5 Å². The van der Waals surface area contributed by atoms with Crippen LogP contribution >= 0.6 is 0 Å². The van der Waals surface area contributed by atoms with Crippen LogP contribution in [0.5, 0.6) is 0 Å². The van der Waals surface area contributed by atoms with Crippen molar-refractivity contribution in [1.29, 1.82) is 5.41 Å². The van der Waals surface area contributed by atoms with Crippen molar-refractivity contribution in [3.05, 3.63) is 42.2 Å². The third-order valence-corrected chi connectivity index (χ3v) is 3.91. The zero-order chi connectivity index (χ0) is 20.6. The van der Waals surface area contributed by atoms with Crippen LogP contribution in [-0.4, -0.2) is 40.3 Å². The predicted octanol–water partition coefficient (Wildman–Crippen LogP) is 3.20. The molecule has 0 saturated heterocycles. The number of hydrogen-bond acceptors (Lipinski definition) is 6. The molecule has 2 rings (SSSR count). The summed E-state index contributed by atoms with van der Waals surface area (Å²) >= 11 is 0. The Morgan fingerprint density at radius 3 is 2.57 bits per heavy atom. The Morgan fingerprint density at radius 1 is 1.21 bits per heavy atom. The number of ketones is 1. The summed E-state index contributed by atoms with van der Waals surface area (Å²) < 4.78 is 5.66. The van der Waals surface area contributed by atoms with Crippen LogP contribution in [0.15, 0.2) is 36.7 Å². The highest BCUT2D eigenvalue weighted by Crippen LogP contribution is 2.20. The second-order valence-electron chi connectivity index (χ2n) is 7.62. The van der Waals surface area contributed by atoms with E-state index in [0.717, 1.165) is 16.7 Å². The van der Waals surface area contributed by atoms with Crippen molar-refractivity contribution in [2.75, 3.05) is 18.5 Å². The smallest absolute Gasteiger partial charge is 0.222 e. The van der Waals surface area contributed by atoms with Crippen LogP contribution in [0.3, 0.4) is 0 Å². The lowest BCUT2D eigenvalue weighted by molar-refractivity contribution is -0.117. The number of carbonyl (C=O) groups is 1. The van der Waals surface area contributed by atoms with Gasteiger partial charge in [0.15, 0.2) is 0 Å². The standard InChI is InChI=1S/C21H29N5O2/c1-21(2,3)28-10-9-24-20-25-13-17(14-26-20)16-6-4-5-15(11-16)7-8-18(27)12-19(22)23/h4-6,11,13-14H,7-10,12H2,1-3H3,(H3,22,23)(H,24,25,26). The molecule has 0 amide bonds. The Bertz CT molecular complexity index is 797. The SMILES string of the molecule is CC(C)(C)OCCNc1ncc(-c2cccc(CCC(=O)CC(=N)N)c2)cn1. The summed E-state index contributed by atoms with van der Waals surface area (Å²) in [6.07, 6.45) is 4.57. The van der Waals surface area contributed by atoms with Gasteiger partial charge in [-0.15, -0.1) is 0 Å². The fourth-order valence-corrected chi connectivity index (χ4v) is 2.58. The van der Waals surface area contributed by atoms with Gasteiger partial charge in [-0.05, 0) is 38.3 Å². The summed E-state index contributed by atoms with van der Waals surface area (Å²) in [6, 6.07) is 7.96. The quantitative estimate of drug-likeness (QED) is 0.330. The van der Waals surface area contributed by atoms with Crippen LogP contribution in [0.25, 0.3) is 11.1 Å². The van der Waals surface area contributed by atoms with Gasteiger partial charge in [0.25, 0.3) is 0 Å². The number of nitrogens with one attached hydrogen (secondary N) is 2. The monoisotopic (exact) mass is 383 g/mol. The average molecular weight is 383 g/mol. The number of benzene rings is 1. The van der Waals surface area contributed by atoms with Crippen molar-refractivity contribution in [1.82, 2.24) is 9.97 Å². The molecular formula is C21H29N5O2. The van der Waals surface area contributed by atoms with Crippen molar-refractivity contribution in [3.63, 3.8) is 0 Å². The topological polar surface area (TPSA) is 114 Å². The Labute approximate surface area is 166 Å². The zero-order valence-corrected chi connectivity index (χ0v) is 16.8. The van der Waals surface area contributed by atoms with Crippen molar-refractivity contribution in [3.8, 4) is 11.1 Å². The van der Waals surface area contributed by atoms with Crippen LogP contribution in [0.1, 0.15) is 39.2 Å². The highest BCUT2D eigenvalue weighted by molar-refractivity contribution is 5.98. The van der Waals surface area contributed by atoms with Crippen LogP contribution in [0, 0.1) is 5.41 Å². The molecule has 4 N–H and O–H groups in total. The molecule has 28 heavy (non-hydrogen) atoms. The van der Waals surface area contributed by atoms with E-state index in [2.05, 4.69) is 15.3 Å². The Balaban J connectivity index is 1.91. The van der Waals surface area contributed by atoms with Gasteiger partial charge in [-0.25, -0.2) is 9.97 Å². The van der Waals surface area contributed by atoms with E-state index in [9.17, 15) is 4.79 Å². The number of nitrogens with two attached hydrogens (primary N) is 1. The first kappa shape index (κ1) is 21.5. The maximum atomic E-state index is 11.7. The number of hydrogen-bond donors (Lipinski definition) is 3. The number of amidine groups is 1. The lowest BCUT2D eigenvalue weighted by Crippen LogP contribution is -2.23. The highest BCUT2D eigenvalue weighted by Gasteiger charge is 2.09. The van der Waals surface area contributed by atoms with E-state index >= 15 is 0 Å². The number of carbonyl (C=O) groups excluding carboxylic acids is 1. The van der Waals surface area contributed by atoms with E-state index in [1.807, 2.05) is 45.0 Å². The van der Waals surface area contributed by atoms with Crippen molar-refractivity contribution < 1.29 is 9.53 Å². The number of aromatic nitrogens is 2. The molecule has 1 aromatic carbocycles. The van der Waals surface area contributed by atoms with Gasteiger partial charge in [0.2, 0.25) is 5.95 Å². The molecule has 1 heterocycles. The number of nitrogens with zero attached hydrogens (tertiary/aromatic N) is 2. The van der Waals surface area contributed by atoms with Crippen LogP contribution in [0.4, 0.5) is 5.95 Å². The van der Waals surface area contributed by atoms with Gasteiger partial charge in [-0.2, -0.15) is 0 Å². The molecule has 0 bridgehead atoms. The summed E-state index contributed by atoms with van der Waals surface area (Å²) in [6.45, 7) is 7.28. The minimum absolute atomic E-state index is 0.0167. The predicted molar refractivity (Wildman–Crippen MR) is 112 cm³/mol. The van der Waals surface area contributed by atoms with E-state index in [4.69, 9.17) is 15.9 Å². The molecule has 0 aliphatic rings. The maximum absolute atomic E-state index is 11.7. The Kier molecular flexibility index (Phi) is 7.63. The molecular weight excluding hydrogens is 354 g/mol. The Morgan fingerprint density at radius 2 is 1.93 bits per heavy atom. The molecule has 0 unspecified atom stereocenters. The van der Waals surface area contributed by atoms with Gasteiger partial charge in [0.1, 0.15) is 5.78 Å². The van der Waals surface area contributed by atoms with Gasteiger partial charge in [-0.3, -0.25) is 10.2 Å². The number of anilines is 1. The van der Waals surface area contributed by atoms with Gasteiger partial charge < -0.3 is 15.8 Å². The minimum Gasteiger partial charge on any atom is -0.387 e. The fourth-order valence-electron chi connectivity index (χ4n) is 2.58. The summed E-state index contributed by atoms with van der Waals surface area (Å²) in [7, 11) is 0. The second-order valence-corrected chi connectivity index (χ2v) is 7.62. The molecule has 0 aliphatic carbocycles. The summed E-state index contributed by atoms with van der Waals surface area (Å²) in [5, 5.41) is 10.3. The molecule has 0 aliphatic heterocycles. The molecule has 7 heteroatoms. The highest BCUT2D eigenvalue weighted by atomic mass is 16.5. The summed E-state index contributed by atoms with van der Waals surface area (Å²) in [5.41, 5.74) is 8.07. The normalized spacial score (nSPS) is 11.2. The third kappa shape index (κ3) is 7.84. The van der Waals surface area contributed by atoms with Crippen LogP contribution in [-0.2, 0) is 16.0 Å². The first-order chi connectivity index (χ1) is 13.2. The van der Waals surface area contributed by atoms with Gasteiger partial charge in [0, 0.05) is 30.9 Å². The first-order valence-corrected chi connectivity index (χ1v) is 9.37. The minimum atomic E-state index is -0.159. The maximum Gasteiger partial charge on any atom is 0.222 e. The molecule has 0 spiro atoms. The molecule has 150 valence electrons. The molecule has 7 nitrogen and oxygen atoms in total. The number of aryl methyl sites for hydroxylation is 1. The lowest BCUT2D eigenvalue weighted by Gasteiger charge is -2.19. The largest absolute Gasteiger partial charge is 0.387 e. The van der Waals surface area contributed by atoms with Crippen LogP contribution in [0.2, 0.25) is 0 Å². The van der Waals surface area contributed by atoms with E-state index in [1.54, 1.807) is 12.4 Å². The van der Waals surface area contributed by atoms with E-state index in [1.165, 1.54) is 0 Å². The molecule has 2 aromatic rings. The fraction of sp³-hybridized carbons (Fsp3) is 0.429. The molecule has 0 radical (unpaired) electrons. The van der Waals surface area contributed by atoms with Gasteiger partial charge in [-0.1, -0.05) is 24.3 Å². The molecule has 0 saturated carbocycles.